The zero-order valence-corrected chi connectivity index (χ0v) is 18.9. The molecule has 0 N–H and O–H groups in total. The Hall–Kier alpha value is -4.92. The Kier molecular flexibility index (Phi) is 4.97. The molecule has 0 saturated heterocycles. The van der Waals surface area contributed by atoms with E-state index >= 15 is 0 Å². The van der Waals surface area contributed by atoms with E-state index in [1.807, 2.05) is 16.5 Å². The third-order valence-electron chi connectivity index (χ3n) is 6.14. The second-order valence-corrected chi connectivity index (χ2v) is 8.46. The van der Waals surface area contributed by atoms with Crippen LogP contribution in [-0.4, -0.2) is 24.4 Å². The highest BCUT2D eigenvalue weighted by atomic mass is 19.4. The van der Waals surface area contributed by atoms with Crippen molar-refractivity contribution >= 4 is 27.6 Å². The Morgan fingerprint density at radius 1 is 0.789 bits per heavy atom. The SMILES string of the molecule is N#Cc1c(-n2cc(-c3cc(C(F)(F)F)cc(C(F)(F)F)c3)nn2)c2ccccc2n2c1nc1ccccc12. The highest BCUT2D eigenvalue weighted by Crippen LogP contribution is 2.39. The van der Waals surface area contributed by atoms with Gasteiger partial charge in [-0.05, 0) is 36.4 Å². The standard InChI is InChI=1S/C26H12F6N6/c27-25(28,29)15-9-14(10-16(11-15)26(30,31)32)20-13-37(36-35-20)23-17-5-1-3-7-21(17)38-22-8-4-2-6-19(22)34-24(38)18(23)12-33/h1-11,13H. The van der Waals surface area contributed by atoms with Crippen LogP contribution in [0.2, 0.25) is 0 Å². The molecule has 0 amide bonds. The van der Waals surface area contributed by atoms with Crippen LogP contribution in [0.3, 0.4) is 0 Å². The number of pyridine rings is 1. The van der Waals surface area contributed by atoms with Gasteiger partial charge in [0.05, 0.1) is 39.6 Å². The summed E-state index contributed by atoms with van der Waals surface area (Å²) in [4.78, 5) is 4.59. The summed E-state index contributed by atoms with van der Waals surface area (Å²) in [5, 5.41) is 18.5. The summed E-state index contributed by atoms with van der Waals surface area (Å²) in [7, 11) is 0. The third-order valence-corrected chi connectivity index (χ3v) is 6.14. The average Bonchev–Trinajstić information content (AvgIpc) is 3.52. The van der Waals surface area contributed by atoms with Crippen LogP contribution in [0.4, 0.5) is 26.3 Å². The van der Waals surface area contributed by atoms with Crippen molar-refractivity contribution in [1.29, 1.82) is 5.26 Å². The molecule has 0 spiro atoms. The van der Waals surface area contributed by atoms with Gasteiger partial charge < -0.3 is 0 Å². The molecule has 0 aliphatic carbocycles. The van der Waals surface area contributed by atoms with Gasteiger partial charge in [0.1, 0.15) is 17.3 Å². The number of aromatic nitrogens is 5. The van der Waals surface area contributed by atoms with E-state index in [-0.39, 0.29) is 23.0 Å². The summed E-state index contributed by atoms with van der Waals surface area (Å²) in [6, 6.07) is 17.7. The number of nitrogens with zero attached hydrogens (tertiary/aromatic N) is 6. The van der Waals surface area contributed by atoms with Gasteiger partial charge in [-0.15, -0.1) is 5.10 Å². The molecule has 0 fully saturated rings. The van der Waals surface area contributed by atoms with Crippen molar-refractivity contribution < 1.29 is 26.3 Å². The van der Waals surface area contributed by atoms with E-state index in [0.717, 1.165) is 5.52 Å². The molecule has 0 aliphatic heterocycles. The van der Waals surface area contributed by atoms with Crippen LogP contribution >= 0.6 is 0 Å². The second kappa shape index (κ2) is 8.04. The highest BCUT2D eigenvalue weighted by Gasteiger charge is 2.37. The molecule has 0 aliphatic rings. The summed E-state index contributed by atoms with van der Waals surface area (Å²) in [6.07, 6.45) is -8.83. The van der Waals surface area contributed by atoms with Gasteiger partial charge in [0, 0.05) is 10.9 Å². The molecule has 0 unspecified atom stereocenters. The van der Waals surface area contributed by atoms with Crippen LogP contribution < -0.4 is 0 Å². The second-order valence-electron chi connectivity index (χ2n) is 8.46. The fraction of sp³-hybridized carbons (Fsp3) is 0.0769. The lowest BCUT2D eigenvalue weighted by Gasteiger charge is -2.13. The van der Waals surface area contributed by atoms with E-state index < -0.39 is 29.0 Å². The molecule has 188 valence electrons. The number of halogens is 6. The first-order valence-electron chi connectivity index (χ1n) is 11.0. The topological polar surface area (TPSA) is 71.8 Å². The minimum absolute atomic E-state index is 0.0477. The fourth-order valence-electron chi connectivity index (χ4n) is 4.50. The maximum atomic E-state index is 13.4. The predicted molar refractivity (Wildman–Crippen MR) is 125 cm³/mol. The van der Waals surface area contributed by atoms with Gasteiger partial charge in [0.25, 0.3) is 0 Å². The number of rotatable bonds is 2. The van der Waals surface area contributed by atoms with E-state index in [0.29, 0.717) is 34.2 Å². The fourth-order valence-corrected chi connectivity index (χ4v) is 4.50. The van der Waals surface area contributed by atoms with Crippen LogP contribution in [0.25, 0.3) is 44.5 Å². The number of hydrogen-bond acceptors (Lipinski definition) is 4. The van der Waals surface area contributed by atoms with Crippen molar-refractivity contribution in [2.45, 2.75) is 12.4 Å². The first kappa shape index (κ1) is 23.5. The molecular formula is C26H12F6N6. The predicted octanol–water partition coefficient (Wildman–Crippen LogP) is 6.80. The van der Waals surface area contributed by atoms with E-state index in [1.54, 1.807) is 36.4 Å². The van der Waals surface area contributed by atoms with Crippen molar-refractivity contribution in [2.75, 3.05) is 0 Å². The Morgan fingerprint density at radius 2 is 1.42 bits per heavy atom. The van der Waals surface area contributed by atoms with E-state index in [9.17, 15) is 31.6 Å². The lowest BCUT2D eigenvalue weighted by molar-refractivity contribution is -0.143. The molecule has 0 saturated carbocycles. The van der Waals surface area contributed by atoms with Crippen molar-refractivity contribution in [1.82, 2.24) is 24.4 Å². The molecule has 12 heteroatoms. The summed E-state index contributed by atoms with van der Waals surface area (Å²) in [5.41, 5.74) is -0.866. The van der Waals surface area contributed by atoms with E-state index in [2.05, 4.69) is 21.4 Å². The Morgan fingerprint density at radius 3 is 2.08 bits per heavy atom. The molecule has 6 rings (SSSR count). The lowest BCUT2D eigenvalue weighted by atomic mass is 10.0. The molecule has 0 atom stereocenters. The molecule has 3 aromatic heterocycles. The Bertz CT molecular complexity index is 1890. The number of nitriles is 1. The van der Waals surface area contributed by atoms with Gasteiger partial charge in [0.15, 0.2) is 5.65 Å². The molecule has 3 heterocycles. The van der Waals surface area contributed by atoms with Gasteiger partial charge in [-0.25, -0.2) is 9.67 Å². The monoisotopic (exact) mass is 522 g/mol. The van der Waals surface area contributed by atoms with Crippen LogP contribution in [0, 0.1) is 11.3 Å². The van der Waals surface area contributed by atoms with Crippen LogP contribution in [0.5, 0.6) is 0 Å². The van der Waals surface area contributed by atoms with Gasteiger partial charge in [0.2, 0.25) is 0 Å². The smallest absolute Gasteiger partial charge is 0.291 e. The van der Waals surface area contributed by atoms with E-state index in [4.69, 9.17) is 0 Å². The molecule has 6 nitrogen and oxygen atoms in total. The summed E-state index contributed by atoms with van der Waals surface area (Å²) in [6.45, 7) is 0. The Balaban J connectivity index is 1.62. The molecule has 0 bridgehead atoms. The number of benzene rings is 3. The van der Waals surface area contributed by atoms with Crippen LogP contribution in [-0.2, 0) is 12.4 Å². The van der Waals surface area contributed by atoms with Crippen molar-refractivity contribution in [3.63, 3.8) is 0 Å². The van der Waals surface area contributed by atoms with Crippen molar-refractivity contribution in [3.8, 4) is 23.0 Å². The normalized spacial score (nSPS) is 12.4. The average molecular weight is 522 g/mol. The number of fused-ring (bicyclic) bond motifs is 5. The Labute approximate surface area is 209 Å². The first-order valence-corrected chi connectivity index (χ1v) is 11.0. The highest BCUT2D eigenvalue weighted by molar-refractivity contribution is 5.99. The zero-order chi connectivity index (χ0) is 26.8. The quantitative estimate of drug-likeness (QED) is 0.235. The van der Waals surface area contributed by atoms with Crippen molar-refractivity contribution in [2.24, 2.45) is 0 Å². The number of alkyl halides is 6. The summed E-state index contributed by atoms with van der Waals surface area (Å²) < 4.78 is 83.2. The lowest BCUT2D eigenvalue weighted by Crippen LogP contribution is -2.11. The van der Waals surface area contributed by atoms with E-state index in [1.165, 1.54) is 10.9 Å². The number of imidazole rings is 1. The van der Waals surface area contributed by atoms with Gasteiger partial charge in [-0.2, -0.15) is 31.6 Å². The summed E-state index contributed by atoms with van der Waals surface area (Å²) >= 11 is 0. The summed E-state index contributed by atoms with van der Waals surface area (Å²) in [5.74, 6) is 0. The molecule has 38 heavy (non-hydrogen) atoms. The number of hydrogen-bond donors (Lipinski definition) is 0. The maximum Gasteiger partial charge on any atom is 0.416 e. The largest absolute Gasteiger partial charge is 0.416 e. The van der Waals surface area contributed by atoms with Crippen LogP contribution in [0.1, 0.15) is 16.7 Å². The van der Waals surface area contributed by atoms with Gasteiger partial charge >= 0.3 is 12.4 Å². The first-order chi connectivity index (χ1) is 18.1. The number of para-hydroxylation sites is 3. The molecule has 6 aromatic rings. The van der Waals surface area contributed by atoms with Crippen LogP contribution in [0.15, 0.2) is 72.9 Å². The molecule has 3 aromatic carbocycles. The molecule has 0 radical (unpaired) electrons. The van der Waals surface area contributed by atoms with Crippen molar-refractivity contribution in [3.05, 3.63) is 89.6 Å². The molecular weight excluding hydrogens is 510 g/mol. The van der Waals surface area contributed by atoms with Gasteiger partial charge in [-0.3, -0.25) is 4.40 Å². The third kappa shape index (κ3) is 3.62. The minimum Gasteiger partial charge on any atom is -0.291 e. The zero-order valence-electron chi connectivity index (χ0n) is 18.9. The maximum absolute atomic E-state index is 13.4. The minimum atomic E-state index is -5.01. The van der Waals surface area contributed by atoms with Gasteiger partial charge in [-0.1, -0.05) is 35.5 Å².